The van der Waals surface area contributed by atoms with E-state index in [0.717, 1.165) is 44.9 Å². The molecule has 3 N–H and O–H groups in total. The van der Waals surface area contributed by atoms with Gasteiger partial charge >= 0.3 is 5.97 Å². The molecule has 0 saturated carbocycles. The first kappa shape index (κ1) is 66.3. The Bertz CT molecular complexity index is 1060. The minimum absolute atomic E-state index is 0.00442. The average Bonchev–Trinajstić information content (AvgIpc) is 3.34. The lowest BCUT2D eigenvalue weighted by atomic mass is 10.0. The Hall–Kier alpha value is -1.66. The highest BCUT2D eigenvalue weighted by Crippen LogP contribution is 2.17. The summed E-state index contributed by atoms with van der Waals surface area (Å²) in [5.41, 5.74) is 0. The molecule has 0 spiro atoms. The summed E-state index contributed by atoms with van der Waals surface area (Å²) in [6.45, 7) is 4.91. The summed E-state index contributed by atoms with van der Waals surface area (Å²) in [7, 11) is 0. The number of hydrogen-bond acceptors (Lipinski definition) is 5. The van der Waals surface area contributed by atoms with Crippen LogP contribution in [-0.4, -0.2) is 47.4 Å². The van der Waals surface area contributed by atoms with Crippen molar-refractivity contribution in [3.8, 4) is 0 Å². The smallest absolute Gasteiger partial charge is 0.305 e. The monoisotopic (exact) mass is 958 g/mol. The van der Waals surface area contributed by atoms with Crippen LogP contribution >= 0.6 is 0 Å². The lowest BCUT2D eigenvalue weighted by Gasteiger charge is -2.20. The second-order valence-corrected chi connectivity index (χ2v) is 21.0. The van der Waals surface area contributed by atoms with E-state index in [1.807, 2.05) is 6.08 Å². The first-order valence-corrected chi connectivity index (χ1v) is 30.6. The molecule has 0 aliphatic carbocycles. The molecule has 0 bridgehead atoms. The fraction of sp³-hybridized carbons (Fsp3) is 0.903. The minimum atomic E-state index is -0.848. The van der Waals surface area contributed by atoms with E-state index in [0.29, 0.717) is 19.4 Å². The van der Waals surface area contributed by atoms with Crippen LogP contribution in [0.2, 0.25) is 0 Å². The van der Waals surface area contributed by atoms with Crippen LogP contribution in [0.5, 0.6) is 0 Å². The molecule has 1 amide bonds. The summed E-state index contributed by atoms with van der Waals surface area (Å²) in [4.78, 5) is 24.6. The van der Waals surface area contributed by atoms with Crippen LogP contribution in [0.15, 0.2) is 24.3 Å². The van der Waals surface area contributed by atoms with Crippen LogP contribution < -0.4 is 5.32 Å². The predicted octanol–water partition coefficient (Wildman–Crippen LogP) is 19.0. The molecule has 0 aromatic carbocycles. The third-order valence-electron chi connectivity index (χ3n) is 14.2. The Morgan fingerprint density at radius 2 is 0.691 bits per heavy atom. The van der Waals surface area contributed by atoms with Crippen LogP contribution in [-0.2, 0) is 14.3 Å². The molecule has 0 aliphatic rings. The molecule has 68 heavy (non-hydrogen) atoms. The Morgan fingerprint density at radius 3 is 1.04 bits per heavy atom. The number of aliphatic hydroxyl groups is 2. The third-order valence-corrected chi connectivity index (χ3v) is 14.2. The van der Waals surface area contributed by atoms with E-state index in [1.165, 1.54) is 263 Å². The number of unbranched alkanes of at least 4 members (excludes halogenated alkanes) is 44. The predicted molar refractivity (Wildman–Crippen MR) is 296 cm³/mol. The maximum Gasteiger partial charge on any atom is 0.305 e. The number of esters is 1. The summed E-state index contributed by atoms with van der Waals surface area (Å²) < 4.78 is 5.49. The third kappa shape index (κ3) is 53.7. The highest BCUT2D eigenvalue weighted by Gasteiger charge is 2.18. The number of nitrogens with one attached hydrogen (secondary N) is 1. The maximum absolute atomic E-state index is 12.5. The van der Waals surface area contributed by atoms with Crippen LogP contribution in [0, 0.1) is 0 Å². The first-order chi connectivity index (χ1) is 33.5. The van der Waals surface area contributed by atoms with Crippen molar-refractivity contribution in [3.05, 3.63) is 24.3 Å². The zero-order valence-electron chi connectivity index (χ0n) is 45.9. The molecule has 0 aromatic heterocycles. The van der Waals surface area contributed by atoms with Crippen molar-refractivity contribution in [1.82, 2.24) is 5.32 Å². The Kier molecular flexibility index (Phi) is 56.5. The second kappa shape index (κ2) is 57.9. The summed E-state index contributed by atoms with van der Waals surface area (Å²) in [6, 6.07) is -0.631. The van der Waals surface area contributed by atoms with Crippen molar-refractivity contribution in [3.63, 3.8) is 0 Å². The molecule has 0 saturated heterocycles. The molecule has 0 radical (unpaired) electrons. The molecule has 2 unspecified atom stereocenters. The molecule has 0 aliphatic heterocycles. The number of ether oxygens (including phenoxy) is 1. The lowest BCUT2D eigenvalue weighted by molar-refractivity contribution is -0.143. The maximum atomic E-state index is 12.5. The topological polar surface area (TPSA) is 95.9 Å². The normalized spacial score (nSPS) is 12.7. The number of aliphatic hydroxyl groups excluding tert-OH is 2. The van der Waals surface area contributed by atoms with Crippen molar-refractivity contribution in [2.75, 3.05) is 13.2 Å². The zero-order chi connectivity index (χ0) is 49.3. The van der Waals surface area contributed by atoms with Gasteiger partial charge in [-0.3, -0.25) is 9.59 Å². The Balaban J connectivity index is 3.41. The van der Waals surface area contributed by atoms with Crippen LogP contribution in [0.4, 0.5) is 0 Å². The SMILES string of the molecule is CCCCCCCC/C=C\CCCCCCCCCCCC(=O)OCCCCCCCCCCCCCCCCCCCC(=O)NC(CO)C(O)/C=C/CCCCCCCCCCCCCCC. The number of hydrogen-bond donors (Lipinski definition) is 3. The summed E-state index contributed by atoms with van der Waals surface area (Å²) in [5, 5.41) is 23.1. The summed E-state index contributed by atoms with van der Waals surface area (Å²) >= 11 is 0. The molecule has 2 atom stereocenters. The standard InChI is InChI=1S/C62H119NO5/c1-3-5-7-9-11-13-15-17-19-20-21-24-28-32-36-40-44-48-52-56-62(67)68-57-53-49-45-41-37-33-29-25-22-23-27-31-35-39-43-47-51-55-61(66)63-59(58-64)60(65)54-50-46-42-38-34-30-26-18-16-14-12-10-8-6-4-2/h17,19,50,54,59-60,64-65H,3-16,18,20-49,51-53,55-58H2,1-2H3,(H,63,66)/b19-17-,54-50+. The van der Waals surface area contributed by atoms with E-state index in [1.54, 1.807) is 6.08 Å². The van der Waals surface area contributed by atoms with Crippen LogP contribution in [0.3, 0.4) is 0 Å². The molecule has 0 fully saturated rings. The van der Waals surface area contributed by atoms with E-state index < -0.39 is 12.1 Å². The summed E-state index contributed by atoms with van der Waals surface area (Å²) in [6.07, 6.45) is 70.6. The highest BCUT2D eigenvalue weighted by atomic mass is 16.5. The number of carbonyl (C=O) groups is 2. The number of rotatable bonds is 57. The number of amides is 1. The van der Waals surface area contributed by atoms with Crippen molar-refractivity contribution >= 4 is 11.9 Å². The van der Waals surface area contributed by atoms with Gasteiger partial charge in [-0.2, -0.15) is 0 Å². The average molecular weight is 959 g/mol. The van der Waals surface area contributed by atoms with Gasteiger partial charge in [-0.15, -0.1) is 0 Å². The van der Waals surface area contributed by atoms with Gasteiger partial charge in [0.25, 0.3) is 0 Å². The van der Waals surface area contributed by atoms with Gasteiger partial charge in [-0.05, 0) is 57.8 Å². The number of allylic oxidation sites excluding steroid dienone is 3. The van der Waals surface area contributed by atoms with Crippen molar-refractivity contribution in [2.45, 2.75) is 347 Å². The van der Waals surface area contributed by atoms with E-state index in [2.05, 4.69) is 31.3 Å². The minimum Gasteiger partial charge on any atom is -0.466 e. The molecule has 0 heterocycles. The first-order valence-electron chi connectivity index (χ1n) is 30.6. The molecule has 0 rings (SSSR count). The van der Waals surface area contributed by atoms with E-state index >= 15 is 0 Å². The van der Waals surface area contributed by atoms with Crippen molar-refractivity contribution in [2.24, 2.45) is 0 Å². The molecule has 6 nitrogen and oxygen atoms in total. The van der Waals surface area contributed by atoms with Crippen molar-refractivity contribution < 1.29 is 24.5 Å². The lowest BCUT2D eigenvalue weighted by Crippen LogP contribution is -2.45. The molecule has 6 heteroatoms. The molecule has 0 aromatic rings. The molecular weight excluding hydrogens is 839 g/mol. The van der Waals surface area contributed by atoms with Gasteiger partial charge < -0.3 is 20.3 Å². The van der Waals surface area contributed by atoms with Gasteiger partial charge in [-0.1, -0.05) is 289 Å². The summed E-state index contributed by atoms with van der Waals surface area (Å²) in [5.74, 6) is -0.0673. The van der Waals surface area contributed by atoms with Gasteiger partial charge in [0.1, 0.15) is 0 Å². The number of carbonyl (C=O) groups excluding carboxylic acids is 2. The zero-order valence-corrected chi connectivity index (χ0v) is 45.9. The largest absolute Gasteiger partial charge is 0.466 e. The molecule has 402 valence electrons. The van der Waals surface area contributed by atoms with Gasteiger partial charge in [0.2, 0.25) is 5.91 Å². The fourth-order valence-electron chi connectivity index (χ4n) is 9.51. The highest BCUT2D eigenvalue weighted by molar-refractivity contribution is 5.76. The van der Waals surface area contributed by atoms with Gasteiger partial charge in [0.15, 0.2) is 0 Å². The second-order valence-electron chi connectivity index (χ2n) is 21.0. The van der Waals surface area contributed by atoms with Crippen LogP contribution in [0.25, 0.3) is 0 Å². The Labute approximate surface area is 424 Å². The van der Waals surface area contributed by atoms with E-state index in [9.17, 15) is 19.8 Å². The van der Waals surface area contributed by atoms with Gasteiger partial charge in [0, 0.05) is 12.8 Å². The fourth-order valence-corrected chi connectivity index (χ4v) is 9.51. The van der Waals surface area contributed by atoms with Gasteiger partial charge in [0.05, 0.1) is 25.4 Å². The van der Waals surface area contributed by atoms with Crippen molar-refractivity contribution in [1.29, 1.82) is 0 Å². The van der Waals surface area contributed by atoms with E-state index in [4.69, 9.17) is 4.74 Å². The quantitative estimate of drug-likeness (QED) is 0.0321. The van der Waals surface area contributed by atoms with Gasteiger partial charge in [-0.25, -0.2) is 0 Å². The molecular formula is C62H119NO5. The van der Waals surface area contributed by atoms with E-state index in [-0.39, 0.29) is 18.5 Å². The Morgan fingerprint density at radius 1 is 0.397 bits per heavy atom. The van der Waals surface area contributed by atoms with Crippen LogP contribution in [0.1, 0.15) is 335 Å².